The smallest absolute Gasteiger partial charge is 0.0622 e. The predicted octanol–water partition coefficient (Wildman–Crippen LogP) is 8.08. The zero-order valence-corrected chi connectivity index (χ0v) is 22.3. The summed E-state index contributed by atoms with van der Waals surface area (Å²) in [6.45, 7) is 4.16. The van der Waals surface area contributed by atoms with Crippen LogP contribution in [0.3, 0.4) is 0 Å². The molecule has 0 aromatic heterocycles. The first-order chi connectivity index (χ1) is 15.2. The molecule has 4 atom stereocenters. The van der Waals surface area contributed by atoms with Gasteiger partial charge in [0.2, 0.25) is 0 Å². The Labute approximate surface area is 191 Å². The second-order valence-corrected chi connectivity index (χ2v) is 35.2. The van der Waals surface area contributed by atoms with Crippen LogP contribution in [0.1, 0.15) is 0 Å². The summed E-state index contributed by atoms with van der Waals surface area (Å²) in [4.78, 5) is 0. The second kappa shape index (κ2) is 9.49. The first-order valence-electron chi connectivity index (χ1n) is 10.4. The molecule has 154 valence electrons. The Balaban J connectivity index is 1.78. The molecule has 1 fully saturated rings. The lowest BCUT2D eigenvalue weighted by molar-refractivity contribution is 1.77. The van der Waals surface area contributed by atoms with Crippen LogP contribution in [-0.4, -0.2) is 13.3 Å². The lowest BCUT2D eigenvalue weighted by Crippen LogP contribution is -2.05. The van der Waals surface area contributed by atoms with Crippen LogP contribution < -0.4 is 21.2 Å². The summed E-state index contributed by atoms with van der Waals surface area (Å²) in [5.41, 5.74) is 0. The average Bonchev–Trinajstić information content (AvgIpc) is 3.08. The van der Waals surface area contributed by atoms with E-state index in [1.54, 1.807) is 21.2 Å². The average molecular weight is 493 g/mol. The SMILES string of the molecule is C[P+]1(C)P(c2ccccc2)P(c2ccccc2)P(c2ccccc2)P1c1ccccc1. The van der Waals surface area contributed by atoms with Gasteiger partial charge in [-0.3, -0.25) is 0 Å². The molecular weight excluding hydrogens is 467 g/mol. The molecule has 31 heavy (non-hydrogen) atoms. The molecule has 0 spiro atoms. The summed E-state index contributed by atoms with van der Waals surface area (Å²) in [7, 11) is -0.956. The molecule has 0 bridgehead atoms. The Morgan fingerprint density at radius 3 is 0.935 bits per heavy atom. The van der Waals surface area contributed by atoms with Crippen LogP contribution in [0.15, 0.2) is 121 Å². The van der Waals surface area contributed by atoms with Gasteiger partial charge >= 0.3 is 0 Å². The Morgan fingerprint density at radius 1 is 0.387 bits per heavy atom. The molecule has 0 radical (unpaired) electrons. The third-order valence-electron chi connectivity index (χ3n) is 5.41. The van der Waals surface area contributed by atoms with E-state index in [0.717, 1.165) is 0 Å². The fourth-order valence-electron chi connectivity index (χ4n) is 4.12. The fourth-order valence-corrected chi connectivity index (χ4v) is 79.9. The molecule has 0 nitrogen and oxygen atoms in total. The van der Waals surface area contributed by atoms with E-state index in [2.05, 4.69) is 135 Å². The number of benzene rings is 4. The van der Waals surface area contributed by atoms with Gasteiger partial charge in [0.25, 0.3) is 0 Å². The van der Waals surface area contributed by atoms with E-state index in [4.69, 9.17) is 0 Å². The number of hydrogen-bond acceptors (Lipinski definition) is 0. The maximum atomic E-state index is 2.69. The maximum absolute atomic E-state index is 2.69. The predicted molar refractivity (Wildman–Crippen MR) is 151 cm³/mol. The van der Waals surface area contributed by atoms with Crippen LogP contribution in [-0.2, 0) is 0 Å². The minimum atomic E-state index is -1.21. The molecule has 1 saturated heterocycles. The molecule has 1 aliphatic rings. The molecular formula is C26H26P5+. The van der Waals surface area contributed by atoms with Crippen molar-refractivity contribution >= 4 is 57.1 Å². The zero-order chi connectivity index (χ0) is 21.3. The zero-order valence-electron chi connectivity index (χ0n) is 17.8. The van der Waals surface area contributed by atoms with Crippen molar-refractivity contribution in [3.63, 3.8) is 0 Å². The van der Waals surface area contributed by atoms with E-state index in [1.165, 1.54) is 0 Å². The lowest BCUT2D eigenvalue weighted by Gasteiger charge is -2.26. The molecule has 5 rings (SSSR count). The number of hydrogen-bond donors (Lipinski definition) is 0. The highest BCUT2D eigenvalue weighted by Gasteiger charge is 2.64. The monoisotopic (exact) mass is 493 g/mol. The highest BCUT2D eigenvalue weighted by Crippen LogP contribution is 3.23. The highest BCUT2D eigenvalue weighted by molar-refractivity contribution is 9.15. The van der Waals surface area contributed by atoms with Gasteiger partial charge in [-0.15, -0.1) is 0 Å². The van der Waals surface area contributed by atoms with Crippen molar-refractivity contribution in [2.45, 2.75) is 0 Å². The van der Waals surface area contributed by atoms with Gasteiger partial charge in [0.1, 0.15) is 14.6 Å². The van der Waals surface area contributed by atoms with E-state index in [0.29, 0.717) is 0 Å². The summed E-state index contributed by atoms with van der Waals surface area (Å²) >= 11 is 0. The van der Waals surface area contributed by atoms with Gasteiger partial charge < -0.3 is 0 Å². The summed E-state index contributed by atoms with van der Waals surface area (Å²) in [6, 6.07) is 46.1. The second-order valence-electron chi connectivity index (χ2n) is 7.84. The minimum Gasteiger partial charge on any atom is -0.0622 e. The van der Waals surface area contributed by atoms with Crippen molar-refractivity contribution in [2.24, 2.45) is 0 Å². The van der Waals surface area contributed by atoms with Gasteiger partial charge in [-0.25, -0.2) is 0 Å². The van der Waals surface area contributed by atoms with Gasteiger partial charge in [-0.1, -0.05) is 121 Å². The molecule has 4 aromatic carbocycles. The molecule has 1 aliphatic heterocycles. The van der Waals surface area contributed by atoms with Crippen molar-refractivity contribution in [1.82, 2.24) is 0 Å². The van der Waals surface area contributed by atoms with Gasteiger partial charge in [0.15, 0.2) is 0 Å². The van der Waals surface area contributed by atoms with Crippen molar-refractivity contribution in [3.05, 3.63) is 121 Å². The molecule has 4 aromatic rings. The quantitative estimate of drug-likeness (QED) is 0.252. The topological polar surface area (TPSA) is 0 Å². The Bertz CT molecular complexity index is 1030. The Morgan fingerprint density at radius 2 is 0.645 bits per heavy atom. The molecule has 4 unspecified atom stereocenters. The Hall–Kier alpha value is -0.970. The van der Waals surface area contributed by atoms with E-state index >= 15 is 0 Å². The van der Waals surface area contributed by atoms with Gasteiger partial charge in [0, 0.05) is 25.2 Å². The van der Waals surface area contributed by atoms with E-state index < -0.39 is 6.64 Å². The fraction of sp³-hybridized carbons (Fsp3) is 0.0769. The molecule has 0 saturated carbocycles. The molecule has 1 heterocycles. The summed E-state index contributed by atoms with van der Waals surface area (Å²) in [6.07, 6.45) is 0. The van der Waals surface area contributed by atoms with Crippen LogP contribution in [0.25, 0.3) is 0 Å². The first kappa shape index (κ1) is 21.9. The van der Waals surface area contributed by atoms with Crippen molar-refractivity contribution in [3.8, 4) is 0 Å². The summed E-state index contributed by atoms with van der Waals surface area (Å²) in [5, 5.41) is 6.46. The minimum absolute atomic E-state index is 0.216. The van der Waals surface area contributed by atoms with Crippen molar-refractivity contribution in [2.75, 3.05) is 13.3 Å². The van der Waals surface area contributed by atoms with Gasteiger partial charge in [-0.2, -0.15) is 0 Å². The largest absolute Gasteiger partial charge is 0.122 e. The van der Waals surface area contributed by atoms with E-state index in [9.17, 15) is 0 Å². The molecule has 0 N–H and O–H groups in total. The molecule has 0 amide bonds. The highest BCUT2D eigenvalue weighted by atomic mass is 33.0. The summed E-state index contributed by atoms with van der Waals surface area (Å²) < 4.78 is 0. The standard InChI is InChI=1S/C26H26P5/c1-31(2)29(25-19-11-5-12-20-25)27(23-15-7-3-8-16-23)28(24-17-9-4-10-18-24)30(31)26-21-13-6-14-22-26/h3-22H,1-2H3/q+1. The van der Waals surface area contributed by atoms with E-state index in [-0.39, 0.29) is 29.2 Å². The maximum Gasteiger partial charge on any atom is 0.122 e. The lowest BCUT2D eigenvalue weighted by atomic mass is 10.4. The normalized spacial score (nSPS) is 24.7. The van der Waals surface area contributed by atoms with Gasteiger partial charge in [-0.05, 0) is 10.6 Å². The third kappa shape index (κ3) is 4.20. The van der Waals surface area contributed by atoms with Crippen LogP contribution in [0.4, 0.5) is 0 Å². The van der Waals surface area contributed by atoms with Crippen molar-refractivity contribution in [1.29, 1.82) is 0 Å². The Kier molecular flexibility index (Phi) is 6.69. The molecule has 0 aliphatic carbocycles. The summed E-state index contributed by atoms with van der Waals surface area (Å²) in [5.74, 6) is 0. The van der Waals surface area contributed by atoms with E-state index in [1.807, 2.05) is 0 Å². The van der Waals surface area contributed by atoms with Gasteiger partial charge in [0.05, 0.1) is 20.0 Å². The van der Waals surface area contributed by atoms with Crippen LogP contribution >= 0.6 is 35.8 Å². The van der Waals surface area contributed by atoms with Crippen LogP contribution in [0, 0.1) is 0 Å². The van der Waals surface area contributed by atoms with Crippen molar-refractivity contribution < 1.29 is 0 Å². The third-order valence-corrected chi connectivity index (χ3v) is 53.0. The van der Waals surface area contributed by atoms with Crippen LogP contribution in [0.2, 0.25) is 0 Å². The first-order valence-corrected chi connectivity index (χ1v) is 22.0. The number of rotatable bonds is 4. The van der Waals surface area contributed by atoms with Crippen LogP contribution in [0.5, 0.6) is 0 Å². The molecule has 5 heteroatoms.